The van der Waals surface area contributed by atoms with Crippen LogP contribution in [-0.2, 0) is 6.54 Å². The lowest BCUT2D eigenvalue weighted by Crippen LogP contribution is -2.35. The SMILES string of the molecule is CN(Cc1nnc(C2CC2)o1)[C@H]1CCN(CCOc2ccccc2)C1. The molecule has 25 heavy (non-hydrogen) atoms. The number of hydrogen-bond donors (Lipinski definition) is 0. The molecule has 1 saturated heterocycles. The molecule has 134 valence electrons. The van der Waals surface area contributed by atoms with E-state index in [4.69, 9.17) is 9.15 Å². The number of nitrogens with zero attached hydrogens (tertiary/aromatic N) is 4. The van der Waals surface area contributed by atoms with Gasteiger partial charge in [-0.25, -0.2) is 0 Å². The molecule has 0 amide bonds. The van der Waals surface area contributed by atoms with Gasteiger partial charge in [0, 0.05) is 25.0 Å². The number of benzene rings is 1. The van der Waals surface area contributed by atoms with E-state index in [2.05, 4.69) is 27.0 Å². The minimum Gasteiger partial charge on any atom is -0.492 e. The largest absolute Gasteiger partial charge is 0.492 e. The van der Waals surface area contributed by atoms with Gasteiger partial charge >= 0.3 is 0 Å². The number of likely N-dealkylation sites (tertiary alicyclic amines) is 1. The predicted molar refractivity (Wildman–Crippen MR) is 94.5 cm³/mol. The summed E-state index contributed by atoms with van der Waals surface area (Å²) in [5.74, 6) is 3.04. The maximum atomic E-state index is 5.80. The van der Waals surface area contributed by atoms with Crippen LogP contribution in [0.3, 0.4) is 0 Å². The summed E-state index contributed by atoms with van der Waals surface area (Å²) in [6.07, 6.45) is 3.56. The predicted octanol–water partition coefficient (Wildman–Crippen LogP) is 2.53. The quantitative estimate of drug-likeness (QED) is 0.735. The Kier molecular flexibility index (Phi) is 4.99. The fourth-order valence-corrected chi connectivity index (χ4v) is 3.35. The van der Waals surface area contributed by atoms with E-state index in [0.717, 1.165) is 50.3 Å². The average molecular weight is 342 g/mol. The first kappa shape index (κ1) is 16.5. The molecule has 0 spiro atoms. The summed E-state index contributed by atoms with van der Waals surface area (Å²) >= 11 is 0. The molecule has 6 heteroatoms. The van der Waals surface area contributed by atoms with Gasteiger partial charge in [0.1, 0.15) is 12.4 Å². The van der Waals surface area contributed by atoms with Crippen molar-refractivity contribution in [2.24, 2.45) is 0 Å². The Balaban J connectivity index is 1.20. The lowest BCUT2D eigenvalue weighted by Gasteiger charge is -2.23. The van der Waals surface area contributed by atoms with E-state index in [1.54, 1.807) is 0 Å². The van der Waals surface area contributed by atoms with Crippen LogP contribution in [0.25, 0.3) is 0 Å². The average Bonchev–Trinajstić information content (AvgIpc) is 3.19. The molecular formula is C19H26N4O2. The van der Waals surface area contributed by atoms with Crippen LogP contribution in [0.2, 0.25) is 0 Å². The summed E-state index contributed by atoms with van der Waals surface area (Å²) in [6.45, 7) is 4.61. The standard InChI is InChI=1S/C19H26N4O2/c1-22(14-18-20-21-19(25-18)15-7-8-15)16-9-10-23(13-16)11-12-24-17-5-3-2-4-6-17/h2-6,15-16H,7-14H2,1H3/t16-/m0/s1. The van der Waals surface area contributed by atoms with E-state index in [0.29, 0.717) is 12.0 Å². The fourth-order valence-electron chi connectivity index (χ4n) is 3.35. The van der Waals surface area contributed by atoms with Crippen molar-refractivity contribution in [2.45, 2.75) is 37.8 Å². The van der Waals surface area contributed by atoms with Crippen molar-refractivity contribution in [3.63, 3.8) is 0 Å². The Morgan fingerprint density at radius 2 is 2.04 bits per heavy atom. The van der Waals surface area contributed by atoms with Gasteiger partial charge in [-0.3, -0.25) is 9.80 Å². The van der Waals surface area contributed by atoms with Gasteiger partial charge in [-0.15, -0.1) is 10.2 Å². The molecule has 2 aromatic rings. The van der Waals surface area contributed by atoms with Gasteiger partial charge in [0.15, 0.2) is 0 Å². The molecule has 1 aliphatic heterocycles. The topological polar surface area (TPSA) is 54.6 Å². The number of likely N-dealkylation sites (N-methyl/N-ethyl adjacent to an activating group) is 1. The second-order valence-corrected chi connectivity index (χ2v) is 7.13. The molecule has 4 rings (SSSR count). The summed E-state index contributed by atoms with van der Waals surface area (Å²) in [4.78, 5) is 4.80. The number of hydrogen-bond acceptors (Lipinski definition) is 6. The zero-order chi connectivity index (χ0) is 17.1. The first-order chi connectivity index (χ1) is 12.3. The highest BCUT2D eigenvalue weighted by molar-refractivity contribution is 5.20. The molecule has 0 bridgehead atoms. The second-order valence-electron chi connectivity index (χ2n) is 7.13. The molecule has 0 radical (unpaired) electrons. The molecule has 1 aliphatic carbocycles. The van der Waals surface area contributed by atoms with E-state index in [-0.39, 0.29) is 0 Å². The summed E-state index contributed by atoms with van der Waals surface area (Å²) in [5.41, 5.74) is 0. The van der Waals surface area contributed by atoms with E-state index in [1.165, 1.54) is 19.3 Å². The minimum absolute atomic E-state index is 0.526. The summed E-state index contributed by atoms with van der Waals surface area (Å²) in [7, 11) is 2.15. The van der Waals surface area contributed by atoms with Gasteiger partial charge in [-0.1, -0.05) is 18.2 Å². The molecule has 1 aromatic carbocycles. The van der Waals surface area contributed by atoms with Crippen LogP contribution in [0.1, 0.15) is 37.0 Å². The smallest absolute Gasteiger partial charge is 0.230 e. The normalized spacial score (nSPS) is 21.1. The van der Waals surface area contributed by atoms with Gasteiger partial charge in [-0.05, 0) is 45.0 Å². The molecule has 1 saturated carbocycles. The first-order valence-electron chi connectivity index (χ1n) is 9.20. The Hall–Kier alpha value is -1.92. The van der Waals surface area contributed by atoms with Gasteiger partial charge in [0.2, 0.25) is 11.8 Å². The van der Waals surface area contributed by atoms with Crippen molar-refractivity contribution in [1.82, 2.24) is 20.0 Å². The van der Waals surface area contributed by atoms with Crippen molar-refractivity contribution in [3.8, 4) is 5.75 Å². The molecule has 2 heterocycles. The zero-order valence-corrected chi connectivity index (χ0v) is 14.8. The highest BCUT2D eigenvalue weighted by atomic mass is 16.5. The van der Waals surface area contributed by atoms with Gasteiger partial charge in [0.25, 0.3) is 0 Å². The lowest BCUT2D eigenvalue weighted by molar-refractivity contribution is 0.192. The Morgan fingerprint density at radius 1 is 1.20 bits per heavy atom. The van der Waals surface area contributed by atoms with Crippen molar-refractivity contribution < 1.29 is 9.15 Å². The van der Waals surface area contributed by atoms with Crippen molar-refractivity contribution >= 4 is 0 Å². The second kappa shape index (κ2) is 7.54. The van der Waals surface area contributed by atoms with Crippen molar-refractivity contribution in [3.05, 3.63) is 42.1 Å². The van der Waals surface area contributed by atoms with Crippen LogP contribution in [-0.4, -0.2) is 59.3 Å². The molecular weight excluding hydrogens is 316 g/mol. The van der Waals surface area contributed by atoms with Gasteiger partial charge < -0.3 is 9.15 Å². The molecule has 6 nitrogen and oxygen atoms in total. The van der Waals surface area contributed by atoms with E-state index < -0.39 is 0 Å². The Morgan fingerprint density at radius 3 is 2.84 bits per heavy atom. The van der Waals surface area contributed by atoms with Crippen molar-refractivity contribution in [2.75, 3.05) is 33.3 Å². The van der Waals surface area contributed by atoms with Crippen LogP contribution in [0.4, 0.5) is 0 Å². The van der Waals surface area contributed by atoms with Gasteiger partial charge in [0.05, 0.1) is 6.54 Å². The molecule has 2 fully saturated rings. The van der Waals surface area contributed by atoms with E-state index in [1.807, 2.05) is 30.3 Å². The number of ether oxygens (including phenoxy) is 1. The van der Waals surface area contributed by atoms with Crippen LogP contribution >= 0.6 is 0 Å². The minimum atomic E-state index is 0.526. The first-order valence-corrected chi connectivity index (χ1v) is 9.20. The number of para-hydroxylation sites is 1. The number of aromatic nitrogens is 2. The Bertz CT molecular complexity index is 671. The highest BCUT2D eigenvalue weighted by Gasteiger charge is 2.30. The van der Waals surface area contributed by atoms with Crippen LogP contribution in [0.5, 0.6) is 5.75 Å². The zero-order valence-electron chi connectivity index (χ0n) is 14.8. The third kappa shape index (κ3) is 4.38. The maximum Gasteiger partial charge on any atom is 0.230 e. The monoisotopic (exact) mass is 342 g/mol. The van der Waals surface area contributed by atoms with E-state index in [9.17, 15) is 0 Å². The summed E-state index contributed by atoms with van der Waals surface area (Å²) < 4.78 is 11.6. The third-order valence-electron chi connectivity index (χ3n) is 5.08. The number of rotatable bonds is 8. The maximum absolute atomic E-state index is 5.80. The Labute approximate surface area is 148 Å². The van der Waals surface area contributed by atoms with Crippen LogP contribution in [0, 0.1) is 0 Å². The molecule has 0 N–H and O–H groups in total. The summed E-state index contributed by atoms with van der Waals surface area (Å²) in [5, 5.41) is 8.37. The van der Waals surface area contributed by atoms with Crippen molar-refractivity contribution in [1.29, 1.82) is 0 Å². The van der Waals surface area contributed by atoms with Crippen LogP contribution in [0.15, 0.2) is 34.7 Å². The molecule has 1 atom stereocenters. The van der Waals surface area contributed by atoms with E-state index >= 15 is 0 Å². The fraction of sp³-hybridized carbons (Fsp3) is 0.579. The molecule has 2 aliphatic rings. The molecule has 0 unspecified atom stereocenters. The molecule has 1 aromatic heterocycles. The summed E-state index contributed by atoms with van der Waals surface area (Å²) in [6, 6.07) is 10.5. The van der Waals surface area contributed by atoms with Crippen LogP contribution < -0.4 is 4.74 Å². The van der Waals surface area contributed by atoms with Gasteiger partial charge in [-0.2, -0.15) is 0 Å². The third-order valence-corrected chi connectivity index (χ3v) is 5.08. The highest BCUT2D eigenvalue weighted by Crippen LogP contribution is 2.39. The lowest BCUT2D eigenvalue weighted by atomic mass is 10.2.